The molecule has 3 heterocycles. The van der Waals surface area contributed by atoms with Gasteiger partial charge in [-0.15, -0.1) is 0 Å². The Balaban J connectivity index is 1.77. The quantitative estimate of drug-likeness (QED) is 0.899. The lowest BCUT2D eigenvalue weighted by molar-refractivity contribution is 0.0386. The second-order valence-corrected chi connectivity index (χ2v) is 7.40. The molecule has 0 spiro atoms. The number of aromatic nitrogens is 2. The van der Waals surface area contributed by atoms with Crippen LogP contribution in [0.25, 0.3) is 5.52 Å². The number of aryl methyl sites for hydroxylation is 1. The van der Waals surface area contributed by atoms with E-state index in [1.165, 1.54) is 0 Å². The van der Waals surface area contributed by atoms with E-state index < -0.39 is 0 Å². The fourth-order valence-electron chi connectivity index (χ4n) is 3.63. The average molecular weight is 344 g/mol. The van der Waals surface area contributed by atoms with Crippen LogP contribution in [0.1, 0.15) is 36.2 Å². The fraction of sp³-hybridized carbons (Fsp3) is 0.579. The molecule has 0 aliphatic carbocycles. The number of fused-ring (bicyclic) bond motifs is 1. The first kappa shape index (κ1) is 17.9. The Morgan fingerprint density at radius 1 is 1.36 bits per heavy atom. The number of hydrogen-bond donors (Lipinski definition) is 1. The highest BCUT2D eigenvalue weighted by Crippen LogP contribution is 2.19. The first-order valence-corrected chi connectivity index (χ1v) is 9.07. The number of carbonyl (C=O) groups excluding carboxylic acids is 1. The molecule has 136 valence electrons. The molecule has 1 fully saturated rings. The molecule has 1 aliphatic rings. The van der Waals surface area contributed by atoms with Crippen LogP contribution >= 0.6 is 0 Å². The maximum atomic E-state index is 13.0. The zero-order valence-corrected chi connectivity index (χ0v) is 15.4. The molecule has 1 atom stereocenters. The lowest BCUT2D eigenvalue weighted by atomic mass is 10.1. The van der Waals surface area contributed by atoms with Gasteiger partial charge in [-0.1, -0.05) is 19.9 Å². The van der Waals surface area contributed by atoms with Gasteiger partial charge in [0.2, 0.25) is 0 Å². The van der Waals surface area contributed by atoms with Crippen molar-refractivity contribution in [2.75, 3.05) is 32.8 Å². The summed E-state index contributed by atoms with van der Waals surface area (Å²) >= 11 is 0. The van der Waals surface area contributed by atoms with Crippen molar-refractivity contribution in [1.82, 2.24) is 19.4 Å². The SMILES string of the molecule is Cc1ccc2c(C(=O)N3CCN(CC(C)C)C(CCO)C3)cnn2c1. The maximum Gasteiger partial charge on any atom is 0.257 e. The van der Waals surface area contributed by atoms with Crippen molar-refractivity contribution >= 4 is 11.4 Å². The van der Waals surface area contributed by atoms with E-state index in [2.05, 4.69) is 23.8 Å². The van der Waals surface area contributed by atoms with E-state index in [1.807, 2.05) is 30.2 Å². The van der Waals surface area contributed by atoms with Crippen molar-refractivity contribution in [1.29, 1.82) is 0 Å². The Morgan fingerprint density at radius 2 is 2.16 bits per heavy atom. The topological polar surface area (TPSA) is 61.1 Å². The summed E-state index contributed by atoms with van der Waals surface area (Å²) in [6.45, 7) is 9.80. The van der Waals surface area contributed by atoms with Crippen molar-refractivity contribution in [2.45, 2.75) is 33.2 Å². The van der Waals surface area contributed by atoms with Gasteiger partial charge >= 0.3 is 0 Å². The maximum absolute atomic E-state index is 13.0. The number of hydrogen-bond acceptors (Lipinski definition) is 4. The summed E-state index contributed by atoms with van der Waals surface area (Å²) < 4.78 is 1.77. The third-order valence-corrected chi connectivity index (χ3v) is 4.85. The first-order chi connectivity index (χ1) is 12.0. The minimum atomic E-state index is 0.0333. The number of carbonyl (C=O) groups is 1. The highest BCUT2D eigenvalue weighted by molar-refractivity contribution is 6.00. The molecule has 1 N–H and O–H groups in total. The van der Waals surface area contributed by atoms with Gasteiger partial charge in [-0.3, -0.25) is 9.69 Å². The molecule has 1 amide bonds. The number of amides is 1. The van der Waals surface area contributed by atoms with E-state index in [-0.39, 0.29) is 18.6 Å². The monoisotopic (exact) mass is 344 g/mol. The normalized spacial score (nSPS) is 19.1. The molecule has 1 unspecified atom stereocenters. The summed E-state index contributed by atoms with van der Waals surface area (Å²) in [6.07, 6.45) is 4.30. The van der Waals surface area contributed by atoms with Crippen molar-refractivity contribution < 1.29 is 9.90 Å². The van der Waals surface area contributed by atoms with Crippen LogP contribution in [0, 0.1) is 12.8 Å². The summed E-state index contributed by atoms with van der Waals surface area (Å²) in [5.74, 6) is 0.609. The molecule has 0 saturated carbocycles. The molecule has 2 aromatic heterocycles. The largest absolute Gasteiger partial charge is 0.396 e. The number of aliphatic hydroxyl groups is 1. The van der Waals surface area contributed by atoms with Gasteiger partial charge in [0.25, 0.3) is 5.91 Å². The number of piperazine rings is 1. The number of rotatable bonds is 5. The van der Waals surface area contributed by atoms with Gasteiger partial charge in [0.15, 0.2) is 0 Å². The molecular formula is C19H28N4O2. The smallest absolute Gasteiger partial charge is 0.257 e. The summed E-state index contributed by atoms with van der Waals surface area (Å²) in [6, 6.07) is 4.17. The standard InChI is InChI=1S/C19H28N4O2/c1-14(2)11-21-7-8-22(13-16(21)6-9-24)19(25)17-10-20-23-12-15(3)4-5-18(17)23/h4-5,10,12,14,16,24H,6-9,11,13H2,1-3H3. The summed E-state index contributed by atoms with van der Waals surface area (Å²) in [5, 5.41) is 13.7. The third-order valence-electron chi connectivity index (χ3n) is 4.85. The van der Waals surface area contributed by atoms with Crippen molar-refractivity contribution in [3.05, 3.63) is 35.7 Å². The minimum Gasteiger partial charge on any atom is -0.396 e. The van der Waals surface area contributed by atoms with Gasteiger partial charge in [-0.05, 0) is 30.9 Å². The lowest BCUT2D eigenvalue weighted by Crippen LogP contribution is -2.55. The average Bonchev–Trinajstić information content (AvgIpc) is 2.98. The highest BCUT2D eigenvalue weighted by Gasteiger charge is 2.30. The summed E-state index contributed by atoms with van der Waals surface area (Å²) in [5.41, 5.74) is 2.61. The van der Waals surface area contributed by atoms with Crippen LogP contribution in [0.15, 0.2) is 24.5 Å². The zero-order chi connectivity index (χ0) is 18.0. The molecule has 6 nitrogen and oxygen atoms in total. The van der Waals surface area contributed by atoms with Gasteiger partial charge in [0.05, 0.1) is 17.3 Å². The zero-order valence-electron chi connectivity index (χ0n) is 15.4. The van der Waals surface area contributed by atoms with Crippen LogP contribution < -0.4 is 0 Å². The van der Waals surface area contributed by atoms with Crippen molar-refractivity contribution in [3.8, 4) is 0 Å². The molecule has 0 bridgehead atoms. The molecular weight excluding hydrogens is 316 g/mol. The van der Waals surface area contributed by atoms with Crippen LogP contribution in [0.3, 0.4) is 0 Å². The Bertz CT molecular complexity index is 740. The van der Waals surface area contributed by atoms with Gasteiger partial charge in [0.1, 0.15) is 0 Å². The summed E-state index contributed by atoms with van der Waals surface area (Å²) in [7, 11) is 0. The van der Waals surface area contributed by atoms with Crippen LogP contribution in [-0.2, 0) is 0 Å². The van der Waals surface area contributed by atoms with Gasteiger partial charge in [-0.2, -0.15) is 5.10 Å². The number of pyridine rings is 1. The van der Waals surface area contributed by atoms with E-state index in [4.69, 9.17) is 0 Å². The van der Waals surface area contributed by atoms with Crippen LogP contribution in [-0.4, -0.2) is 69.3 Å². The summed E-state index contributed by atoms with van der Waals surface area (Å²) in [4.78, 5) is 17.3. The molecule has 2 aromatic rings. The second kappa shape index (κ2) is 7.54. The van der Waals surface area contributed by atoms with Crippen LogP contribution in [0.2, 0.25) is 0 Å². The van der Waals surface area contributed by atoms with E-state index in [0.29, 0.717) is 24.4 Å². The number of nitrogens with zero attached hydrogens (tertiary/aromatic N) is 4. The van der Waals surface area contributed by atoms with Crippen molar-refractivity contribution in [3.63, 3.8) is 0 Å². The Hall–Kier alpha value is -1.92. The molecule has 6 heteroatoms. The Kier molecular flexibility index (Phi) is 5.39. The first-order valence-electron chi connectivity index (χ1n) is 9.07. The van der Waals surface area contributed by atoms with E-state index in [0.717, 1.165) is 30.7 Å². The highest BCUT2D eigenvalue weighted by atomic mass is 16.3. The van der Waals surface area contributed by atoms with Gasteiger partial charge in [-0.25, -0.2) is 4.52 Å². The fourth-order valence-corrected chi connectivity index (χ4v) is 3.63. The number of aliphatic hydroxyl groups excluding tert-OH is 1. The second-order valence-electron chi connectivity index (χ2n) is 7.40. The van der Waals surface area contributed by atoms with Crippen LogP contribution in [0.4, 0.5) is 0 Å². The molecule has 0 aromatic carbocycles. The van der Waals surface area contributed by atoms with E-state index >= 15 is 0 Å². The predicted octanol–water partition coefficient (Wildman–Crippen LogP) is 1.81. The van der Waals surface area contributed by atoms with Crippen LogP contribution in [0.5, 0.6) is 0 Å². The third kappa shape index (κ3) is 3.85. The lowest BCUT2D eigenvalue weighted by Gasteiger charge is -2.42. The molecule has 1 aliphatic heterocycles. The molecule has 3 rings (SSSR count). The molecule has 0 radical (unpaired) electrons. The Morgan fingerprint density at radius 3 is 2.88 bits per heavy atom. The van der Waals surface area contributed by atoms with Crippen molar-refractivity contribution in [2.24, 2.45) is 5.92 Å². The molecule has 1 saturated heterocycles. The van der Waals surface area contributed by atoms with Gasteiger partial charge < -0.3 is 10.0 Å². The minimum absolute atomic E-state index is 0.0333. The Labute approximate surface area is 149 Å². The molecule has 25 heavy (non-hydrogen) atoms. The van der Waals surface area contributed by atoms with E-state index in [1.54, 1.807) is 10.7 Å². The van der Waals surface area contributed by atoms with E-state index in [9.17, 15) is 9.90 Å². The predicted molar refractivity (Wildman–Crippen MR) is 97.7 cm³/mol. The van der Waals surface area contributed by atoms with Gasteiger partial charge in [0, 0.05) is 45.0 Å².